The van der Waals surface area contributed by atoms with Crippen molar-refractivity contribution in [1.82, 2.24) is 14.5 Å². The van der Waals surface area contributed by atoms with Gasteiger partial charge in [-0.25, -0.2) is 4.98 Å². The molecule has 2 aromatic heterocycles. The minimum Gasteiger partial charge on any atom is -0.399 e. The molecule has 0 atom stereocenters. The highest BCUT2D eigenvalue weighted by Crippen LogP contribution is 2.22. The fourth-order valence-electron chi connectivity index (χ4n) is 3.70. The van der Waals surface area contributed by atoms with Crippen LogP contribution in [0.4, 0.5) is 23.0 Å². The first kappa shape index (κ1) is 19.1. The first-order valence-corrected chi connectivity index (χ1v) is 10.1. The molecule has 156 valence electrons. The first-order chi connectivity index (χ1) is 15.2. The maximum atomic E-state index is 12.6. The quantitative estimate of drug-likeness (QED) is 0.496. The van der Waals surface area contributed by atoms with Gasteiger partial charge in [0.25, 0.3) is 5.56 Å². The minimum absolute atomic E-state index is 0.183. The lowest BCUT2D eigenvalue weighted by Crippen LogP contribution is -2.36. The molecule has 0 unspecified atom stereocenters. The van der Waals surface area contributed by atoms with Crippen LogP contribution < -0.4 is 21.5 Å². The van der Waals surface area contributed by atoms with E-state index in [-0.39, 0.29) is 5.56 Å². The molecule has 0 saturated carbocycles. The van der Waals surface area contributed by atoms with Crippen molar-refractivity contribution in [3.8, 4) is 5.69 Å². The van der Waals surface area contributed by atoms with Gasteiger partial charge in [-0.15, -0.1) is 0 Å². The highest BCUT2D eigenvalue weighted by atomic mass is 16.5. The monoisotopic (exact) mass is 414 g/mol. The van der Waals surface area contributed by atoms with Crippen LogP contribution in [0.2, 0.25) is 0 Å². The summed E-state index contributed by atoms with van der Waals surface area (Å²) in [4.78, 5) is 24.0. The van der Waals surface area contributed by atoms with Gasteiger partial charge in [0.1, 0.15) is 0 Å². The maximum Gasteiger partial charge on any atom is 0.256 e. The fourth-order valence-corrected chi connectivity index (χ4v) is 3.70. The van der Waals surface area contributed by atoms with Crippen LogP contribution in [0.15, 0.2) is 71.7 Å². The number of ether oxygens (including phenoxy) is 1. The van der Waals surface area contributed by atoms with Crippen LogP contribution in [-0.2, 0) is 4.74 Å². The molecule has 0 amide bonds. The van der Waals surface area contributed by atoms with Crippen LogP contribution in [0.25, 0.3) is 16.7 Å². The molecule has 3 N–H and O–H groups in total. The number of hydrogen-bond donors (Lipinski definition) is 2. The molecule has 0 bridgehead atoms. The Morgan fingerprint density at radius 3 is 2.55 bits per heavy atom. The number of hydrogen-bond acceptors (Lipinski definition) is 7. The summed E-state index contributed by atoms with van der Waals surface area (Å²) in [6.45, 7) is 3.28. The second kappa shape index (κ2) is 8.08. The van der Waals surface area contributed by atoms with E-state index in [4.69, 9.17) is 10.5 Å². The average Bonchev–Trinajstić information content (AvgIpc) is 2.80. The zero-order valence-electron chi connectivity index (χ0n) is 16.9. The highest BCUT2D eigenvalue weighted by molar-refractivity contribution is 5.77. The van der Waals surface area contributed by atoms with E-state index < -0.39 is 0 Å². The Morgan fingerprint density at radius 2 is 1.77 bits per heavy atom. The summed E-state index contributed by atoms with van der Waals surface area (Å²) in [6, 6.07) is 18.5. The molecule has 1 aliphatic heterocycles. The van der Waals surface area contributed by atoms with Crippen LogP contribution >= 0.6 is 0 Å². The van der Waals surface area contributed by atoms with Crippen molar-refractivity contribution >= 4 is 34.0 Å². The Morgan fingerprint density at radius 1 is 0.968 bits per heavy atom. The van der Waals surface area contributed by atoms with Crippen molar-refractivity contribution in [1.29, 1.82) is 0 Å². The standard InChI is InChI=1S/C23H22N6O2/c24-17-2-1-3-20(14-17)29-21(30)9-4-16-15-25-23(27-22(16)29)26-18-5-7-19(8-6-18)28-10-12-31-13-11-28/h1-9,14-15H,10-13,24H2,(H,25,26,27). The van der Waals surface area contributed by atoms with Crippen LogP contribution in [0, 0.1) is 0 Å². The molecule has 0 aliphatic carbocycles. The topological polar surface area (TPSA) is 98.3 Å². The largest absolute Gasteiger partial charge is 0.399 e. The summed E-state index contributed by atoms with van der Waals surface area (Å²) in [5, 5.41) is 3.99. The summed E-state index contributed by atoms with van der Waals surface area (Å²) in [5.74, 6) is 0.412. The second-order valence-corrected chi connectivity index (χ2v) is 7.35. The number of rotatable bonds is 4. The number of nitrogens with one attached hydrogen (secondary N) is 1. The van der Waals surface area contributed by atoms with Gasteiger partial charge in [0, 0.05) is 47.8 Å². The van der Waals surface area contributed by atoms with E-state index in [1.807, 2.05) is 24.3 Å². The molecule has 5 rings (SSSR count). The molecule has 8 heteroatoms. The van der Waals surface area contributed by atoms with Crippen molar-refractivity contribution in [3.63, 3.8) is 0 Å². The Hall–Kier alpha value is -3.91. The minimum atomic E-state index is -0.183. The number of nitrogens with zero attached hydrogens (tertiary/aromatic N) is 4. The number of pyridine rings is 1. The molecular weight excluding hydrogens is 392 g/mol. The first-order valence-electron chi connectivity index (χ1n) is 10.1. The number of benzene rings is 2. The van der Waals surface area contributed by atoms with E-state index in [2.05, 4.69) is 32.3 Å². The number of aromatic nitrogens is 3. The normalized spacial score (nSPS) is 14.0. The van der Waals surface area contributed by atoms with Gasteiger partial charge in [0.2, 0.25) is 5.95 Å². The van der Waals surface area contributed by atoms with E-state index in [1.165, 1.54) is 6.07 Å². The van der Waals surface area contributed by atoms with E-state index in [0.717, 1.165) is 43.1 Å². The lowest BCUT2D eigenvalue weighted by Gasteiger charge is -2.28. The summed E-state index contributed by atoms with van der Waals surface area (Å²) < 4.78 is 6.96. The lowest BCUT2D eigenvalue weighted by atomic mass is 10.2. The zero-order valence-corrected chi connectivity index (χ0v) is 16.9. The van der Waals surface area contributed by atoms with E-state index in [0.29, 0.717) is 23.0 Å². The third-order valence-corrected chi connectivity index (χ3v) is 5.26. The maximum absolute atomic E-state index is 12.6. The van der Waals surface area contributed by atoms with Gasteiger partial charge in [0.05, 0.1) is 18.9 Å². The molecule has 4 aromatic rings. The SMILES string of the molecule is Nc1cccc(-n2c(=O)ccc3cnc(Nc4ccc(N5CCOCC5)cc4)nc32)c1. The van der Waals surface area contributed by atoms with E-state index in [9.17, 15) is 4.79 Å². The van der Waals surface area contributed by atoms with Gasteiger partial charge in [-0.05, 0) is 48.5 Å². The predicted molar refractivity (Wildman–Crippen MR) is 122 cm³/mol. The number of anilines is 4. The van der Waals surface area contributed by atoms with Crippen molar-refractivity contribution < 1.29 is 4.74 Å². The highest BCUT2D eigenvalue weighted by Gasteiger charge is 2.12. The van der Waals surface area contributed by atoms with Crippen molar-refractivity contribution in [2.75, 3.05) is 42.3 Å². The molecule has 1 saturated heterocycles. The van der Waals surface area contributed by atoms with Gasteiger partial charge >= 0.3 is 0 Å². The lowest BCUT2D eigenvalue weighted by molar-refractivity contribution is 0.122. The molecule has 8 nitrogen and oxygen atoms in total. The molecule has 31 heavy (non-hydrogen) atoms. The third-order valence-electron chi connectivity index (χ3n) is 5.26. The van der Waals surface area contributed by atoms with Gasteiger partial charge in [-0.2, -0.15) is 4.98 Å². The average molecular weight is 414 g/mol. The summed E-state index contributed by atoms with van der Waals surface area (Å²) in [5.41, 5.74) is 9.51. The second-order valence-electron chi connectivity index (χ2n) is 7.35. The summed E-state index contributed by atoms with van der Waals surface area (Å²) >= 11 is 0. The van der Waals surface area contributed by atoms with Crippen molar-refractivity contribution in [3.05, 3.63) is 77.2 Å². The van der Waals surface area contributed by atoms with Crippen LogP contribution in [0.5, 0.6) is 0 Å². The Labute approximate surface area is 178 Å². The molecule has 1 aliphatic rings. The predicted octanol–water partition coefficient (Wildman–Crippen LogP) is 2.94. The molecule has 0 spiro atoms. The molecule has 1 fully saturated rings. The summed E-state index contributed by atoms with van der Waals surface area (Å²) in [7, 11) is 0. The van der Waals surface area contributed by atoms with Gasteiger partial charge in [-0.3, -0.25) is 9.36 Å². The van der Waals surface area contributed by atoms with Gasteiger partial charge in [0.15, 0.2) is 5.65 Å². The molecule has 0 radical (unpaired) electrons. The molecular formula is C23H22N6O2. The molecule has 3 heterocycles. The Bertz CT molecular complexity index is 1280. The Balaban J connectivity index is 1.47. The van der Waals surface area contributed by atoms with Gasteiger partial charge < -0.3 is 20.7 Å². The van der Waals surface area contributed by atoms with Gasteiger partial charge in [-0.1, -0.05) is 6.07 Å². The number of fused-ring (bicyclic) bond motifs is 1. The molecule has 2 aromatic carbocycles. The van der Waals surface area contributed by atoms with Crippen LogP contribution in [-0.4, -0.2) is 40.8 Å². The Kier molecular flexibility index (Phi) is 4.97. The zero-order chi connectivity index (χ0) is 21.2. The van der Waals surface area contributed by atoms with E-state index in [1.54, 1.807) is 29.0 Å². The summed E-state index contributed by atoms with van der Waals surface area (Å²) in [6.07, 6.45) is 1.70. The fraction of sp³-hybridized carbons (Fsp3) is 0.174. The number of morpholine rings is 1. The third kappa shape index (κ3) is 3.93. The number of nitrogens with two attached hydrogens (primary N) is 1. The number of nitrogen functional groups attached to an aromatic ring is 1. The smallest absolute Gasteiger partial charge is 0.256 e. The van der Waals surface area contributed by atoms with Crippen molar-refractivity contribution in [2.24, 2.45) is 0 Å². The van der Waals surface area contributed by atoms with Crippen LogP contribution in [0.1, 0.15) is 0 Å². The van der Waals surface area contributed by atoms with Crippen LogP contribution in [0.3, 0.4) is 0 Å². The van der Waals surface area contributed by atoms with E-state index >= 15 is 0 Å². The van der Waals surface area contributed by atoms with Crippen molar-refractivity contribution in [2.45, 2.75) is 0 Å².